The Morgan fingerprint density at radius 2 is 1.62 bits per heavy atom. The molecule has 0 N–H and O–H groups in total. The summed E-state index contributed by atoms with van der Waals surface area (Å²) < 4.78 is 0. The average Bonchev–Trinajstić information content (AvgIpc) is 2.60. The number of rotatable bonds is 7. The first-order valence-electron chi connectivity index (χ1n) is 8.65. The van der Waals surface area contributed by atoms with Gasteiger partial charge in [-0.05, 0) is 51.8 Å². The second-order valence-electron chi connectivity index (χ2n) is 6.77. The predicted molar refractivity (Wildman–Crippen MR) is 98.7 cm³/mol. The molecule has 3 heteroatoms. The lowest BCUT2D eigenvalue weighted by Crippen LogP contribution is -2.41. The molecule has 0 fully saturated rings. The summed E-state index contributed by atoms with van der Waals surface area (Å²) in [5.41, 5.74) is 1.12. The monoisotopic (exact) mass is 321 g/mol. The highest BCUT2D eigenvalue weighted by atomic mass is 15.2. The number of hydrogen-bond donors (Lipinski definition) is 0. The van der Waals surface area contributed by atoms with Crippen molar-refractivity contribution in [1.82, 2.24) is 9.88 Å². The van der Waals surface area contributed by atoms with Gasteiger partial charge in [-0.2, -0.15) is 5.26 Å². The maximum Gasteiger partial charge on any atom is 0.125 e. The van der Waals surface area contributed by atoms with E-state index in [2.05, 4.69) is 43.6 Å². The van der Waals surface area contributed by atoms with Crippen LogP contribution < -0.4 is 0 Å². The van der Waals surface area contributed by atoms with Crippen molar-refractivity contribution in [2.45, 2.75) is 51.6 Å². The number of pyridine rings is 1. The summed E-state index contributed by atoms with van der Waals surface area (Å²) in [6, 6.07) is 19.3. The van der Waals surface area contributed by atoms with Gasteiger partial charge in [-0.15, -0.1) is 0 Å². The minimum atomic E-state index is -0.718. The standard InChI is InChI=1S/C21H27N3/c1-17(2)24(18(3)4)15-13-21(16-22,19-10-6-5-7-11-19)20-12-8-9-14-23-20/h5-12,14,17-18H,13,15H2,1-4H3. The highest BCUT2D eigenvalue weighted by Crippen LogP contribution is 2.34. The van der Waals surface area contributed by atoms with Gasteiger partial charge in [-0.1, -0.05) is 36.4 Å². The van der Waals surface area contributed by atoms with Gasteiger partial charge in [0, 0.05) is 24.8 Å². The minimum Gasteiger partial charge on any atom is -0.298 e. The molecule has 0 bridgehead atoms. The molecule has 0 radical (unpaired) electrons. The van der Waals surface area contributed by atoms with E-state index in [1.54, 1.807) is 6.20 Å². The maximum absolute atomic E-state index is 10.2. The summed E-state index contributed by atoms with van der Waals surface area (Å²) in [6.45, 7) is 9.68. The van der Waals surface area contributed by atoms with Crippen molar-refractivity contribution in [3.05, 3.63) is 66.0 Å². The molecule has 1 heterocycles. The Labute approximate surface area is 146 Å². The van der Waals surface area contributed by atoms with Gasteiger partial charge in [0.05, 0.1) is 11.8 Å². The molecule has 2 rings (SSSR count). The van der Waals surface area contributed by atoms with Gasteiger partial charge in [-0.25, -0.2) is 0 Å². The van der Waals surface area contributed by atoms with E-state index in [4.69, 9.17) is 0 Å². The van der Waals surface area contributed by atoms with E-state index < -0.39 is 5.41 Å². The zero-order chi connectivity index (χ0) is 17.6. The van der Waals surface area contributed by atoms with E-state index in [9.17, 15) is 5.26 Å². The van der Waals surface area contributed by atoms with Gasteiger partial charge < -0.3 is 0 Å². The molecular weight excluding hydrogens is 294 g/mol. The van der Waals surface area contributed by atoms with Crippen molar-refractivity contribution >= 4 is 0 Å². The number of aromatic nitrogens is 1. The Morgan fingerprint density at radius 3 is 2.12 bits per heavy atom. The molecule has 0 saturated carbocycles. The fourth-order valence-electron chi connectivity index (χ4n) is 3.35. The molecular formula is C21H27N3. The third-order valence-corrected chi connectivity index (χ3v) is 4.63. The molecule has 1 aromatic heterocycles. The third-order valence-electron chi connectivity index (χ3n) is 4.63. The van der Waals surface area contributed by atoms with E-state index in [0.29, 0.717) is 12.1 Å². The Balaban J connectivity index is 2.42. The average molecular weight is 321 g/mol. The Kier molecular flexibility index (Phi) is 6.11. The van der Waals surface area contributed by atoms with Crippen molar-refractivity contribution in [1.29, 1.82) is 5.26 Å². The molecule has 1 unspecified atom stereocenters. The van der Waals surface area contributed by atoms with Crippen LogP contribution in [0.15, 0.2) is 54.7 Å². The van der Waals surface area contributed by atoms with Gasteiger partial charge in [0.15, 0.2) is 0 Å². The summed E-state index contributed by atoms with van der Waals surface area (Å²) in [4.78, 5) is 6.95. The van der Waals surface area contributed by atoms with Crippen LogP contribution in [0.25, 0.3) is 0 Å². The van der Waals surface area contributed by atoms with E-state index in [1.165, 1.54) is 0 Å². The Morgan fingerprint density at radius 1 is 1.00 bits per heavy atom. The number of hydrogen-bond acceptors (Lipinski definition) is 3. The first-order valence-corrected chi connectivity index (χ1v) is 8.65. The largest absolute Gasteiger partial charge is 0.298 e. The summed E-state index contributed by atoms with van der Waals surface area (Å²) in [7, 11) is 0. The van der Waals surface area contributed by atoms with Crippen molar-refractivity contribution in [2.75, 3.05) is 6.54 Å². The van der Waals surface area contributed by atoms with Crippen LogP contribution in [-0.4, -0.2) is 28.5 Å². The molecule has 1 aromatic carbocycles. The normalized spacial score (nSPS) is 13.9. The maximum atomic E-state index is 10.2. The lowest BCUT2D eigenvalue weighted by Gasteiger charge is -2.34. The van der Waals surface area contributed by atoms with Crippen LogP contribution in [0.4, 0.5) is 0 Å². The quantitative estimate of drug-likeness (QED) is 0.759. The molecule has 0 aliphatic carbocycles. The van der Waals surface area contributed by atoms with Crippen LogP contribution in [0.2, 0.25) is 0 Å². The van der Waals surface area contributed by atoms with Crippen LogP contribution in [0.3, 0.4) is 0 Å². The smallest absolute Gasteiger partial charge is 0.125 e. The van der Waals surface area contributed by atoms with Gasteiger partial charge in [0.25, 0.3) is 0 Å². The third kappa shape index (κ3) is 3.83. The topological polar surface area (TPSA) is 39.9 Å². The fraction of sp³-hybridized carbons (Fsp3) is 0.429. The molecule has 0 spiro atoms. The van der Waals surface area contributed by atoms with Gasteiger partial charge in [-0.3, -0.25) is 9.88 Å². The molecule has 3 nitrogen and oxygen atoms in total. The number of benzene rings is 1. The predicted octanol–water partition coefficient (Wildman–Crippen LogP) is 4.40. The molecule has 1 atom stereocenters. The lowest BCUT2D eigenvalue weighted by atomic mass is 9.75. The highest BCUT2D eigenvalue weighted by Gasteiger charge is 2.36. The molecule has 24 heavy (non-hydrogen) atoms. The second-order valence-corrected chi connectivity index (χ2v) is 6.77. The van der Waals surface area contributed by atoms with Crippen molar-refractivity contribution in [2.24, 2.45) is 0 Å². The van der Waals surface area contributed by atoms with Crippen molar-refractivity contribution in [3.8, 4) is 6.07 Å². The van der Waals surface area contributed by atoms with Crippen molar-refractivity contribution in [3.63, 3.8) is 0 Å². The SMILES string of the molecule is CC(C)N(CCC(C#N)(c1ccccc1)c1ccccn1)C(C)C. The van der Waals surface area contributed by atoms with Crippen LogP contribution in [0.5, 0.6) is 0 Å². The molecule has 0 amide bonds. The Hall–Kier alpha value is -2.18. The van der Waals surface area contributed by atoms with Gasteiger partial charge >= 0.3 is 0 Å². The lowest BCUT2D eigenvalue weighted by molar-refractivity contribution is 0.166. The van der Waals surface area contributed by atoms with Gasteiger partial charge in [0.2, 0.25) is 0 Å². The highest BCUT2D eigenvalue weighted by molar-refractivity contribution is 5.42. The van der Waals surface area contributed by atoms with Crippen LogP contribution >= 0.6 is 0 Å². The van der Waals surface area contributed by atoms with Crippen LogP contribution in [0, 0.1) is 11.3 Å². The molecule has 126 valence electrons. The minimum absolute atomic E-state index is 0.445. The second kappa shape index (κ2) is 8.08. The summed E-state index contributed by atoms with van der Waals surface area (Å²) in [5.74, 6) is 0. The zero-order valence-corrected chi connectivity index (χ0v) is 15.1. The van der Waals surface area contributed by atoms with Gasteiger partial charge in [0.1, 0.15) is 5.41 Å². The fourth-order valence-corrected chi connectivity index (χ4v) is 3.35. The summed E-state index contributed by atoms with van der Waals surface area (Å²) in [5, 5.41) is 10.2. The number of nitrogens with zero attached hydrogens (tertiary/aromatic N) is 3. The molecule has 0 saturated heterocycles. The first kappa shape index (κ1) is 18.2. The number of nitriles is 1. The summed E-state index contributed by atoms with van der Waals surface area (Å²) in [6.07, 6.45) is 2.49. The van der Waals surface area contributed by atoms with E-state index in [0.717, 1.165) is 24.2 Å². The summed E-state index contributed by atoms with van der Waals surface area (Å²) >= 11 is 0. The first-order chi connectivity index (χ1) is 11.5. The zero-order valence-electron chi connectivity index (χ0n) is 15.1. The molecule has 0 aliphatic heterocycles. The van der Waals surface area contributed by atoms with Crippen molar-refractivity contribution < 1.29 is 0 Å². The van der Waals surface area contributed by atoms with Crippen LogP contribution in [0.1, 0.15) is 45.4 Å². The van der Waals surface area contributed by atoms with E-state index in [-0.39, 0.29) is 0 Å². The van der Waals surface area contributed by atoms with Crippen LogP contribution in [-0.2, 0) is 5.41 Å². The Bertz CT molecular complexity index is 609. The van der Waals surface area contributed by atoms with E-state index >= 15 is 0 Å². The van der Waals surface area contributed by atoms with E-state index in [1.807, 2.05) is 48.5 Å². The molecule has 2 aromatic rings. The molecule has 0 aliphatic rings.